The first-order valence-corrected chi connectivity index (χ1v) is 10.5. The zero-order valence-corrected chi connectivity index (χ0v) is 18.6. The number of carbonyl (C=O) groups excluding carboxylic acids is 1. The Morgan fingerprint density at radius 3 is 2.68 bits per heavy atom. The molecular weight excluding hydrogens is 453 g/mol. The molecule has 3 rings (SSSR count). The van der Waals surface area contributed by atoms with Gasteiger partial charge in [-0.05, 0) is 50.2 Å². The Kier molecular flexibility index (Phi) is 7.03. The highest BCUT2D eigenvalue weighted by Crippen LogP contribution is 2.36. The summed E-state index contributed by atoms with van der Waals surface area (Å²) in [5.41, 5.74) is 0.177. The monoisotopic (exact) mass is 472 g/mol. The zero-order valence-electron chi connectivity index (χ0n) is 17.0. The summed E-state index contributed by atoms with van der Waals surface area (Å²) in [5, 5.41) is 10.1. The summed E-state index contributed by atoms with van der Waals surface area (Å²) in [6, 6.07) is 5.21. The molecule has 11 heteroatoms. The molecule has 0 radical (unpaired) electrons. The summed E-state index contributed by atoms with van der Waals surface area (Å²) in [5.74, 6) is 0.265. The van der Waals surface area contributed by atoms with Gasteiger partial charge in [-0.3, -0.25) is 9.69 Å². The number of aromatic nitrogens is 2. The third-order valence-electron chi connectivity index (χ3n) is 4.39. The number of benzene rings is 1. The lowest BCUT2D eigenvalue weighted by atomic mass is 10.2. The van der Waals surface area contributed by atoms with E-state index >= 15 is 0 Å². The van der Waals surface area contributed by atoms with Gasteiger partial charge in [0.05, 0.1) is 28.6 Å². The molecule has 0 aliphatic heterocycles. The minimum atomic E-state index is -4.61. The molecule has 1 N–H and O–H groups in total. The second-order valence-corrected chi connectivity index (χ2v) is 8.53. The van der Waals surface area contributed by atoms with Crippen LogP contribution in [0.1, 0.15) is 28.8 Å². The van der Waals surface area contributed by atoms with Crippen LogP contribution in [0.2, 0.25) is 5.02 Å². The number of nitrogens with zero attached hydrogens (tertiary/aromatic N) is 3. The molecule has 0 aliphatic rings. The van der Waals surface area contributed by atoms with E-state index in [1.807, 2.05) is 13.0 Å². The van der Waals surface area contributed by atoms with Gasteiger partial charge in [0.25, 0.3) is 5.89 Å². The molecule has 0 fully saturated rings. The molecule has 1 aromatic carbocycles. The van der Waals surface area contributed by atoms with Crippen LogP contribution in [-0.4, -0.2) is 34.6 Å². The predicted molar refractivity (Wildman–Crippen MR) is 113 cm³/mol. The smallest absolute Gasteiger partial charge is 0.417 e. The highest BCUT2D eigenvalue weighted by atomic mass is 35.5. The maximum absolute atomic E-state index is 13.0. The van der Waals surface area contributed by atoms with Gasteiger partial charge in [0, 0.05) is 10.6 Å². The van der Waals surface area contributed by atoms with Gasteiger partial charge in [-0.2, -0.15) is 13.2 Å². The maximum atomic E-state index is 13.0. The zero-order chi connectivity index (χ0) is 22.8. The van der Waals surface area contributed by atoms with Crippen LogP contribution in [0, 0.1) is 6.92 Å². The van der Waals surface area contributed by atoms with Crippen molar-refractivity contribution >= 4 is 34.5 Å². The number of aryl methyl sites for hydroxylation is 2. The summed E-state index contributed by atoms with van der Waals surface area (Å²) in [6.07, 6.45) is -3.68. The average Bonchev–Trinajstić information content (AvgIpc) is 3.28. The van der Waals surface area contributed by atoms with E-state index in [1.54, 1.807) is 23.3 Å². The first-order valence-electron chi connectivity index (χ1n) is 9.34. The topological polar surface area (TPSA) is 71.3 Å². The fraction of sp³-hybridized carbons (Fsp3) is 0.350. The second kappa shape index (κ2) is 9.37. The van der Waals surface area contributed by atoms with Crippen LogP contribution in [-0.2, 0) is 23.9 Å². The van der Waals surface area contributed by atoms with Crippen LogP contribution in [0.4, 0.5) is 18.9 Å². The molecule has 0 atom stereocenters. The molecule has 2 aromatic heterocycles. The highest BCUT2D eigenvalue weighted by Gasteiger charge is 2.33. The van der Waals surface area contributed by atoms with Gasteiger partial charge in [-0.1, -0.05) is 18.5 Å². The summed E-state index contributed by atoms with van der Waals surface area (Å²) >= 11 is 7.19. The number of amides is 1. The molecule has 0 bridgehead atoms. The standard InChI is InChI=1S/C20H20ClF3N4O2S/c1-4-15-11(2)7-16(31-15)19-27-26-18(30-19)10-28(3)9-17(29)25-12-5-6-14(21)13(8-12)20(22,23)24/h5-8H,4,9-10H2,1-3H3,(H,25,29). The van der Waals surface area contributed by atoms with Crippen LogP contribution in [0.15, 0.2) is 28.7 Å². The quantitative estimate of drug-likeness (QED) is 0.497. The number of carbonyl (C=O) groups is 1. The number of hydrogen-bond acceptors (Lipinski definition) is 6. The molecular formula is C20H20ClF3N4O2S. The third kappa shape index (κ3) is 5.84. The van der Waals surface area contributed by atoms with Crippen LogP contribution >= 0.6 is 22.9 Å². The Hall–Kier alpha value is -2.43. The van der Waals surface area contributed by atoms with E-state index in [1.165, 1.54) is 16.5 Å². The lowest BCUT2D eigenvalue weighted by Crippen LogP contribution is -2.30. The number of hydrogen-bond donors (Lipinski definition) is 1. The Morgan fingerprint density at radius 2 is 2.03 bits per heavy atom. The van der Waals surface area contributed by atoms with Gasteiger partial charge in [0.1, 0.15) is 0 Å². The summed E-state index contributed by atoms with van der Waals surface area (Å²) < 4.78 is 44.6. The van der Waals surface area contributed by atoms with Crippen LogP contribution in [0.5, 0.6) is 0 Å². The van der Waals surface area contributed by atoms with Gasteiger partial charge in [0.15, 0.2) is 0 Å². The van der Waals surface area contributed by atoms with E-state index < -0.39 is 22.7 Å². The van der Waals surface area contributed by atoms with E-state index in [-0.39, 0.29) is 18.8 Å². The minimum absolute atomic E-state index is 0.00925. The maximum Gasteiger partial charge on any atom is 0.417 e. The minimum Gasteiger partial charge on any atom is -0.419 e. The van der Waals surface area contributed by atoms with Gasteiger partial charge in [0.2, 0.25) is 11.8 Å². The van der Waals surface area contributed by atoms with Crippen molar-refractivity contribution in [2.75, 3.05) is 18.9 Å². The van der Waals surface area contributed by atoms with Crippen LogP contribution in [0.3, 0.4) is 0 Å². The molecule has 166 valence electrons. The first kappa shape index (κ1) is 23.2. The number of halogens is 4. The van der Waals surface area contributed by atoms with Gasteiger partial charge < -0.3 is 9.73 Å². The van der Waals surface area contributed by atoms with Crippen molar-refractivity contribution in [1.29, 1.82) is 0 Å². The van der Waals surface area contributed by atoms with E-state index in [0.29, 0.717) is 11.8 Å². The van der Waals surface area contributed by atoms with Gasteiger partial charge in [-0.25, -0.2) is 0 Å². The molecule has 0 saturated carbocycles. The molecule has 3 aromatic rings. The summed E-state index contributed by atoms with van der Waals surface area (Å²) in [7, 11) is 1.66. The van der Waals surface area contributed by atoms with Gasteiger partial charge in [-0.15, -0.1) is 21.5 Å². The Balaban J connectivity index is 1.59. The number of nitrogens with one attached hydrogen (secondary N) is 1. The van der Waals surface area contributed by atoms with Crippen molar-refractivity contribution in [3.8, 4) is 10.8 Å². The van der Waals surface area contributed by atoms with E-state index in [4.69, 9.17) is 16.0 Å². The molecule has 0 saturated heterocycles. The van der Waals surface area contributed by atoms with Crippen molar-refractivity contribution in [3.05, 3.63) is 51.2 Å². The van der Waals surface area contributed by atoms with Crippen LogP contribution < -0.4 is 5.32 Å². The lowest BCUT2D eigenvalue weighted by molar-refractivity contribution is -0.137. The molecule has 31 heavy (non-hydrogen) atoms. The SMILES string of the molecule is CCc1sc(-c2nnc(CN(C)CC(=O)Nc3ccc(Cl)c(C(F)(F)F)c3)o2)cc1C. The predicted octanol–water partition coefficient (Wildman–Crippen LogP) is 5.41. The average molecular weight is 473 g/mol. The fourth-order valence-electron chi connectivity index (χ4n) is 2.95. The first-order chi connectivity index (χ1) is 14.6. The fourth-order valence-corrected chi connectivity index (χ4v) is 4.21. The molecule has 2 heterocycles. The molecule has 0 unspecified atom stereocenters. The van der Waals surface area contributed by atoms with E-state index in [0.717, 1.165) is 23.4 Å². The molecule has 0 spiro atoms. The van der Waals surface area contributed by atoms with E-state index in [9.17, 15) is 18.0 Å². The van der Waals surface area contributed by atoms with Crippen molar-refractivity contribution in [3.63, 3.8) is 0 Å². The van der Waals surface area contributed by atoms with Crippen molar-refractivity contribution in [2.24, 2.45) is 0 Å². The van der Waals surface area contributed by atoms with E-state index in [2.05, 4.69) is 22.4 Å². The van der Waals surface area contributed by atoms with Crippen molar-refractivity contribution in [2.45, 2.75) is 33.0 Å². The van der Waals surface area contributed by atoms with Gasteiger partial charge >= 0.3 is 6.18 Å². The second-order valence-electron chi connectivity index (χ2n) is 6.98. The highest BCUT2D eigenvalue weighted by molar-refractivity contribution is 7.15. The molecule has 0 aliphatic carbocycles. The Labute approximate surface area is 186 Å². The lowest BCUT2D eigenvalue weighted by Gasteiger charge is -2.15. The summed E-state index contributed by atoms with van der Waals surface area (Å²) in [6.45, 7) is 4.23. The summed E-state index contributed by atoms with van der Waals surface area (Å²) in [4.78, 5) is 16.0. The van der Waals surface area contributed by atoms with Crippen molar-refractivity contribution < 1.29 is 22.4 Å². The number of thiophene rings is 1. The number of alkyl halides is 3. The Morgan fingerprint density at radius 1 is 1.29 bits per heavy atom. The van der Waals surface area contributed by atoms with Crippen LogP contribution in [0.25, 0.3) is 10.8 Å². The molecule has 1 amide bonds. The normalized spacial score (nSPS) is 11.9. The largest absolute Gasteiger partial charge is 0.419 e. The number of anilines is 1. The Bertz CT molecular complexity index is 1080. The number of likely N-dealkylation sites (N-methyl/N-ethyl adjacent to an activating group) is 1. The van der Waals surface area contributed by atoms with Crippen molar-refractivity contribution in [1.82, 2.24) is 15.1 Å². The number of rotatable bonds is 7. The third-order valence-corrected chi connectivity index (χ3v) is 6.09. The molecule has 6 nitrogen and oxygen atoms in total.